The van der Waals surface area contributed by atoms with Gasteiger partial charge in [0.1, 0.15) is 5.56 Å². The lowest BCUT2D eigenvalue weighted by Gasteiger charge is -2.42. The highest BCUT2D eigenvalue weighted by Gasteiger charge is 2.32. The largest absolute Gasteiger partial charge is 0.477 e. The van der Waals surface area contributed by atoms with Crippen molar-refractivity contribution in [2.45, 2.75) is 52.2 Å². The van der Waals surface area contributed by atoms with Gasteiger partial charge in [0, 0.05) is 50.0 Å². The van der Waals surface area contributed by atoms with Crippen molar-refractivity contribution in [3.63, 3.8) is 0 Å². The lowest BCUT2D eigenvalue weighted by atomic mass is 9.98. The highest BCUT2D eigenvalue weighted by atomic mass is 19.1. The molecule has 34 heavy (non-hydrogen) atoms. The average molecular weight is 464 g/mol. The number of aryl methyl sites for hydroxylation is 2. The maximum Gasteiger partial charge on any atom is 0.341 e. The number of anilines is 1. The first kappa shape index (κ1) is 22.6. The predicted octanol–water partition coefficient (Wildman–Crippen LogP) is 4.50. The molecule has 178 valence electrons. The molecule has 0 radical (unpaired) electrons. The van der Waals surface area contributed by atoms with Gasteiger partial charge in [0.2, 0.25) is 5.43 Å². The van der Waals surface area contributed by atoms with Gasteiger partial charge in [0.15, 0.2) is 5.82 Å². The van der Waals surface area contributed by atoms with Crippen molar-refractivity contribution in [3.8, 4) is 0 Å². The fraction of sp³-hybridized carbons (Fsp3) is 0.407. The third-order valence-corrected chi connectivity index (χ3v) is 7.34. The number of rotatable bonds is 5. The van der Waals surface area contributed by atoms with E-state index in [-0.39, 0.29) is 28.6 Å². The maximum atomic E-state index is 15.9. The van der Waals surface area contributed by atoms with Gasteiger partial charge in [-0.15, -0.1) is 0 Å². The summed E-state index contributed by atoms with van der Waals surface area (Å²) in [5.74, 6) is -1.69. The predicted molar refractivity (Wildman–Crippen MR) is 131 cm³/mol. The van der Waals surface area contributed by atoms with Crippen LogP contribution in [0.3, 0.4) is 0 Å². The molecule has 1 aliphatic heterocycles. The molecule has 3 aromatic rings. The molecular formula is C27H30FN3O3. The van der Waals surface area contributed by atoms with Crippen LogP contribution in [0.25, 0.3) is 10.9 Å². The molecule has 1 N–H and O–H groups in total. The van der Waals surface area contributed by atoms with E-state index in [4.69, 9.17) is 0 Å². The van der Waals surface area contributed by atoms with Crippen LogP contribution in [0.4, 0.5) is 10.1 Å². The first-order valence-electron chi connectivity index (χ1n) is 11.9. The van der Waals surface area contributed by atoms with Crippen molar-refractivity contribution in [2.24, 2.45) is 0 Å². The number of hydrogen-bond acceptors (Lipinski definition) is 4. The number of hydrogen-bond donors (Lipinski definition) is 1. The zero-order valence-corrected chi connectivity index (χ0v) is 19.8. The molecule has 1 aromatic heterocycles. The lowest BCUT2D eigenvalue weighted by molar-refractivity contribution is 0.0695. The molecule has 1 saturated carbocycles. The molecule has 1 saturated heterocycles. The lowest BCUT2D eigenvalue weighted by Crippen LogP contribution is -2.52. The van der Waals surface area contributed by atoms with Crippen LogP contribution in [0.2, 0.25) is 0 Å². The standard InChI is InChI=1S/C27H30FN3O3/c1-16-13-30(12-11-29(16)14-19-7-5-4-6-8-19)25-18(3)24-22(17(2)23(25)28)26(32)21(27(33)34)15-31(24)20-9-10-20/h4-8,15-16,20H,9-14H2,1-3H3,(H,33,34). The van der Waals surface area contributed by atoms with Gasteiger partial charge in [-0.25, -0.2) is 9.18 Å². The van der Waals surface area contributed by atoms with Crippen molar-refractivity contribution in [1.82, 2.24) is 9.47 Å². The molecule has 2 heterocycles. The second-order valence-corrected chi connectivity index (χ2v) is 9.70. The highest BCUT2D eigenvalue weighted by Crippen LogP contribution is 2.41. The number of carbonyl (C=O) groups is 1. The Balaban J connectivity index is 1.56. The van der Waals surface area contributed by atoms with Gasteiger partial charge in [-0.1, -0.05) is 30.3 Å². The molecule has 1 atom stereocenters. The molecule has 0 bridgehead atoms. The number of pyridine rings is 1. The number of aromatic nitrogens is 1. The van der Waals surface area contributed by atoms with E-state index in [9.17, 15) is 14.7 Å². The first-order chi connectivity index (χ1) is 16.3. The molecule has 0 amide bonds. The number of nitrogens with zero attached hydrogens (tertiary/aromatic N) is 3. The Kier molecular flexibility index (Phi) is 5.68. The van der Waals surface area contributed by atoms with Gasteiger partial charge in [0.05, 0.1) is 16.6 Å². The zero-order chi connectivity index (χ0) is 24.1. The summed E-state index contributed by atoms with van der Waals surface area (Å²) in [5.41, 5.74) is 2.51. The normalized spacial score (nSPS) is 19.1. The van der Waals surface area contributed by atoms with Crippen LogP contribution in [0.1, 0.15) is 52.9 Å². The minimum Gasteiger partial charge on any atom is -0.477 e. The Morgan fingerprint density at radius 1 is 1.12 bits per heavy atom. The Labute approximate surface area is 198 Å². The van der Waals surface area contributed by atoms with Crippen molar-refractivity contribution in [2.75, 3.05) is 24.5 Å². The molecule has 2 aliphatic rings. The molecule has 1 aliphatic carbocycles. The Morgan fingerprint density at radius 2 is 1.82 bits per heavy atom. The minimum atomic E-state index is -1.27. The number of carboxylic acid groups (broad SMARTS) is 1. The van der Waals surface area contributed by atoms with Crippen LogP contribution in [0.15, 0.2) is 41.3 Å². The van der Waals surface area contributed by atoms with E-state index in [1.54, 1.807) is 6.92 Å². The third-order valence-electron chi connectivity index (χ3n) is 7.34. The zero-order valence-electron chi connectivity index (χ0n) is 19.8. The van der Waals surface area contributed by atoms with E-state index >= 15 is 4.39 Å². The summed E-state index contributed by atoms with van der Waals surface area (Å²) >= 11 is 0. The molecule has 1 unspecified atom stereocenters. The molecule has 5 rings (SSSR count). The van der Waals surface area contributed by atoms with E-state index in [0.29, 0.717) is 29.9 Å². The molecular weight excluding hydrogens is 433 g/mol. The van der Waals surface area contributed by atoms with Gasteiger partial charge >= 0.3 is 5.97 Å². The van der Waals surface area contributed by atoms with Crippen molar-refractivity contribution in [3.05, 3.63) is 74.8 Å². The van der Waals surface area contributed by atoms with Crippen LogP contribution in [-0.2, 0) is 6.54 Å². The molecule has 0 spiro atoms. The second-order valence-electron chi connectivity index (χ2n) is 9.70. The third kappa shape index (κ3) is 3.78. The Morgan fingerprint density at radius 3 is 2.44 bits per heavy atom. The van der Waals surface area contributed by atoms with Gasteiger partial charge in [-0.05, 0) is 44.7 Å². The summed E-state index contributed by atoms with van der Waals surface area (Å²) in [6, 6.07) is 10.7. The fourth-order valence-corrected chi connectivity index (χ4v) is 5.35. The summed E-state index contributed by atoms with van der Waals surface area (Å²) in [6.07, 6.45) is 3.31. The number of piperazine rings is 1. The summed E-state index contributed by atoms with van der Waals surface area (Å²) in [4.78, 5) is 29.3. The number of benzene rings is 2. The number of fused-ring (bicyclic) bond motifs is 1. The summed E-state index contributed by atoms with van der Waals surface area (Å²) in [5, 5.41) is 9.78. The van der Waals surface area contributed by atoms with E-state index in [2.05, 4.69) is 28.9 Å². The van der Waals surface area contributed by atoms with Gasteiger partial charge in [-0.3, -0.25) is 9.69 Å². The molecule has 7 heteroatoms. The fourth-order valence-electron chi connectivity index (χ4n) is 5.35. The van der Waals surface area contributed by atoms with Crippen LogP contribution >= 0.6 is 0 Å². The summed E-state index contributed by atoms with van der Waals surface area (Å²) in [6.45, 7) is 8.64. The average Bonchev–Trinajstić information content (AvgIpc) is 3.65. The molecule has 2 fully saturated rings. The first-order valence-corrected chi connectivity index (χ1v) is 11.9. The van der Waals surface area contributed by atoms with E-state index < -0.39 is 17.2 Å². The van der Waals surface area contributed by atoms with Crippen LogP contribution < -0.4 is 10.3 Å². The number of aromatic carboxylic acids is 1. The summed E-state index contributed by atoms with van der Waals surface area (Å²) < 4.78 is 17.8. The highest BCUT2D eigenvalue weighted by molar-refractivity contribution is 5.97. The van der Waals surface area contributed by atoms with Crippen LogP contribution in [0.5, 0.6) is 0 Å². The van der Waals surface area contributed by atoms with E-state index in [1.165, 1.54) is 11.8 Å². The SMILES string of the molecule is Cc1c(F)c(N2CCN(Cc3ccccc3)C(C)C2)c(C)c2c1c(=O)c(C(=O)O)cn2C1CC1. The van der Waals surface area contributed by atoms with Crippen LogP contribution in [-0.4, -0.2) is 46.2 Å². The minimum absolute atomic E-state index is 0.152. The van der Waals surface area contributed by atoms with E-state index in [0.717, 1.165) is 25.9 Å². The number of carboxylic acids is 1. The molecule has 6 nitrogen and oxygen atoms in total. The second kappa shape index (κ2) is 8.55. The smallest absolute Gasteiger partial charge is 0.341 e. The van der Waals surface area contributed by atoms with Crippen molar-refractivity contribution >= 4 is 22.6 Å². The topological polar surface area (TPSA) is 65.8 Å². The van der Waals surface area contributed by atoms with Gasteiger partial charge in [0.25, 0.3) is 0 Å². The summed E-state index contributed by atoms with van der Waals surface area (Å²) in [7, 11) is 0. The van der Waals surface area contributed by atoms with Gasteiger partial charge < -0.3 is 14.6 Å². The quantitative estimate of drug-likeness (QED) is 0.604. The maximum absolute atomic E-state index is 15.9. The van der Waals surface area contributed by atoms with Crippen molar-refractivity contribution in [1.29, 1.82) is 0 Å². The van der Waals surface area contributed by atoms with Crippen molar-refractivity contribution < 1.29 is 14.3 Å². The molecule has 2 aromatic carbocycles. The monoisotopic (exact) mass is 463 g/mol. The number of halogens is 1. The van der Waals surface area contributed by atoms with E-state index in [1.807, 2.05) is 29.7 Å². The van der Waals surface area contributed by atoms with Crippen LogP contribution in [0, 0.1) is 19.7 Å². The Bertz CT molecular complexity index is 1330. The Hall–Kier alpha value is -3.19. The van der Waals surface area contributed by atoms with Gasteiger partial charge in [-0.2, -0.15) is 0 Å².